The maximum Gasteiger partial charge on any atom is 0.418 e. The smallest absolute Gasteiger partial charge is 0.368 e. The van der Waals surface area contributed by atoms with E-state index in [9.17, 15) is 21.6 Å². The average molecular weight is 404 g/mol. The van der Waals surface area contributed by atoms with Crippen LogP contribution in [0.3, 0.4) is 0 Å². The van der Waals surface area contributed by atoms with E-state index in [2.05, 4.69) is 10.1 Å². The number of nitrogens with zero attached hydrogens (tertiary/aromatic N) is 3. The zero-order chi connectivity index (χ0) is 19.8. The Morgan fingerprint density at radius 1 is 1.22 bits per heavy atom. The molecule has 2 heterocycles. The predicted molar refractivity (Wildman–Crippen MR) is 91.5 cm³/mol. The van der Waals surface area contributed by atoms with E-state index in [0.29, 0.717) is 38.8 Å². The number of anilines is 1. The summed E-state index contributed by atoms with van der Waals surface area (Å²) in [6.07, 6.45) is -3.05. The first-order valence-electron chi connectivity index (χ1n) is 8.17. The summed E-state index contributed by atoms with van der Waals surface area (Å²) in [6, 6.07) is 2.87. The SMILES string of the molecule is Cc1oncc1CN1CCN(c2ccc(S(N)(=O)=O)cc2C(F)(F)F)CC1. The number of benzene rings is 1. The number of nitrogens with two attached hydrogens (primary N) is 1. The molecule has 0 radical (unpaired) electrons. The van der Waals surface area contributed by atoms with Crippen molar-refractivity contribution in [1.29, 1.82) is 0 Å². The van der Waals surface area contributed by atoms with Crippen LogP contribution in [0.5, 0.6) is 0 Å². The highest BCUT2D eigenvalue weighted by molar-refractivity contribution is 7.89. The second-order valence-corrected chi connectivity index (χ2v) is 7.95. The van der Waals surface area contributed by atoms with Gasteiger partial charge in [0.05, 0.1) is 16.7 Å². The molecule has 1 aliphatic heterocycles. The van der Waals surface area contributed by atoms with Crippen LogP contribution in [0.1, 0.15) is 16.9 Å². The highest BCUT2D eigenvalue weighted by Crippen LogP contribution is 2.38. The predicted octanol–water partition coefficient (Wildman–Crippen LogP) is 1.97. The zero-order valence-electron chi connectivity index (χ0n) is 14.5. The number of halogens is 3. The first-order chi connectivity index (χ1) is 12.6. The molecule has 1 saturated heterocycles. The molecule has 0 amide bonds. The molecule has 1 aromatic carbocycles. The number of hydrogen-bond donors (Lipinski definition) is 1. The van der Waals surface area contributed by atoms with Crippen LogP contribution in [0.25, 0.3) is 0 Å². The summed E-state index contributed by atoms with van der Waals surface area (Å²) in [5.74, 6) is 0.718. The van der Waals surface area contributed by atoms with Crippen molar-refractivity contribution < 1.29 is 26.1 Å². The maximum atomic E-state index is 13.5. The molecule has 11 heteroatoms. The fourth-order valence-corrected chi connectivity index (χ4v) is 3.59. The second-order valence-electron chi connectivity index (χ2n) is 6.39. The summed E-state index contributed by atoms with van der Waals surface area (Å²) in [5.41, 5.74) is -0.106. The fourth-order valence-electron chi connectivity index (χ4n) is 3.05. The molecule has 1 aromatic heterocycles. The molecule has 0 atom stereocenters. The largest absolute Gasteiger partial charge is 0.418 e. The van der Waals surface area contributed by atoms with Crippen molar-refractivity contribution in [1.82, 2.24) is 10.1 Å². The van der Waals surface area contributed by atoms with Gasteiger partial charge in [-0.3, -0.25) is 4.90 Å². The van der Waals surface area contributed by atoms with Gasteiger partial charge < -0.3 is 9.42 Å². The van der Waals surface area contributed by atoms with Crippen molar-refractivity contribution >= 4 is 15.7 Å². The van der Waals surface area contributed by atoms with Crippen molar-refractivity contribution in [3.05, 3.63) is 41.3 Å². The van der Waals surface area contributed by atoms with Gasteiger partial charge in [0.25, 0.3) is 0 Å². The normalized spacial score (nSPS) is 16.7. The Balaban J connectivity index is 1.78. The Morgan fingerprint density at radius 2 is 1.89 bits per heavy atom. The van der Waals surface area contributed by atoms with Crippen LogP contribution in [0, 0.1) is 6.92 Å². The van der Waals surface area contributed by atoms with Crippen molar-refractivity contribution in [2.24, 2.45) is 5.14 Å². The standard InChI is InChI=1S/C16H19F3N4O3S/c1-11-12(9-21-26-11)10-22-4-6-23(7-5-22)15-3-2-13(27(20,24)25)8-14(15)16(17,18)19/h2-3,8-9H,4-7,10H2,1H3,(H2,20,24,25). The summed E-state index contributed by atoms with van der Waals surface area (Å²) in [7, 11) is -4.22. The molecule has 0 unspecified atom stereocenters. The summed E-state index contributed by atoms with van der Waals surface area (Å²) in [5, 5.41) is 8.68. The van der Waals surface area contributed by atoms with E-state index in [1.807, 2.05) is 0 Å². The minimum Gasteiger partial charge on any atom is -0.368 e. The van der Waals surface area contributed by atoms with Gasteiger partial charge in [0.2, 0.25) is 10.0 Å². The van der Waals surface area contributed by atoms with E-state index in [-0.39, 0.29) is 5.69 Å². The van der Waals surface area contributed by atoms with Gasteiger partial charge in [-0.05, 0) is 25.1 Å². The van der Waals surface area contributed by atoms with Gasteiger partial charge in [-0.15, -0.1) is 0 Å². The monoisotopic (exact) mass is 404 g/mol. The third-order valence-corrected chi connectivity index (χ3v) is 5.47. The Kier molecular flexibility index (Phi) is 5.19. The minimum atomic E-state index is -4.69. The fraction of sp³-hybridized carbons (Fsp3) is 0.438. The van der Waals surface area contributed by atoms with E-state index in [4.69, 9.17) is 9.66 Å². The Labute approximate surface area is 154 Å². The molecule has 27 heavy (non-hydrogen) atoms. The number of alkyl halides is 3. The Morgan fingerprint density at radius 3 is 2.41 bits per heavy atom. The van der Waals surface area contributed by atoms with Crippen LogP contribution in [0.2, 0.25) is 0 Å². The Hall–Kier alpha value is -2.11. The van der Waals surface area contributed by atoms with E-state index < -0.39 is 26.7 Å². The minimum absolute atomic E-state index is 0.0456. The van der Waals surface area contributed by atoms with E-state index >= 15 is 0 Å². The summed E-state index contributed by atoms with van der Waals surface area (Å²) >= 11 is 0. The lowest BCUT2D eigenvalue weighted by molar-refractivity contribution is -0.137. The van der Waals surface area contributed by atoms with Crippen molar-refractivity contribution in [3.8, 4) is 0 Å². The molecule has 1 aliphatic rings. The van der Waals surface area contributed by atoms with Crippen LogP contribution in [0.15, 0.2) is 33.8 Å². The van der Waals surface area contributed by atoms with Crippen molar-refractivity contribution in [2.45, 2.75) is 24.5 Å². The van der Waals surface area contributed by atoms with E-state index in [0.717, 1.165) is 17.4 Å². The molecule has 3 rings (SSSR count). The quantitative estimate of drug-likeness (QED) is 0.838. The van der Waals surface area contributed by atoms with Gasteiger partial charge in [0.15, 0.2) is 0 Å². The first-order valence-corrected chi connectivity index (χ1v) is 9.72. The van der Waals surface area contributed by atoms with Crippen LogP contribution in [-0.4, -0.2) is 44.7 Å². The lowest BCUT2D eigenvalue weighted by atomic mass is 10.1. The summed E-state index contributed by atoms with van der Waals surface area (Å²) < 4.78 is 68.2. The van der Waals surface area contributed by atoms with Crippen LogP contribution in [0.4, 0.5) is 18.9 Å². The molecule has 2 aromatic rings. The number of rotatable bonds is 4. The maximum absolute atomic E-state index is 13.5. The number of aromatic nitrogens is 1. The van der Waals surface area contributed by atoms with E-state index in [1.165, 1.54) is 6.07 Å². The van der Waals surface area contributed by atoms with Gasteiger partial charge in [-0.2, -0.15) is 13.2 Å². The topological polar surface area (TPSA) is 92.7 Å². The lowest BCUT2D eigenvalue weighted by Gasteiger charge is -2.37. The summed E-state index contributed by atoms with van der Waals surface area (Å²) in [4.78, 5) is 3.15. The molecule has 2 N–H and O–H groups in total. The summed E-state index contributed by atoms with van der Waals surface area (Å²) in [6.45, 7) is 4.28. The first kappa shape index (κ1) is 19.6. The molecule has 0 aliphatic carbocycles. The van der Waals surface area contributed by atoms with Crippen LogP contribution < -0.4 is 10.0 Å². The van der Waals surface area contributed by atoms with Crippen LogP contribution >= 0.6 is 0 Å². The molecular formula is C16H19F3N4O3S. The van der Waals surface area contributed by atoms with Gasteiger partial charge >= 0.3 is 6.18 Å². The highest BCUT2D eigenvalue weighted by Gasteiger charge is 2.36. The molecule has 7 nitrogen and oxygen atoms in total. The number of primary sulfonamides is 1. The van der Waals surface area contributed by atoms with Gasteiger partial charge in [-0.25, -0.2) is 13.6 Å². The number of sulfonamides is 1. The molecule has 1 fully saturated rings. The molecular weight excluding hydrogens is 385 g/mol. The lowest BCUT2D eigenvalue weighted by Crippen LogP contribution is -2.46. The number of hydrogen-bond acceptors (Lipinski definition) is 6. The third kappa shape index (κ3) is 4.42. The average Bonchev–Trinajstić information content (AvgIpc) is 2.98. The molecule has 148 valence electrons. The van der Waals surface area contributed by atoms with Crippen molar-refractivity contribution in [3.63, 3.8) is 0 Å². The molecule has 0 saturated carbocycles. The van der Waals surface area contributed by atoms with Crippen LogP contribution in [-0.2, 0) is 22.7 Å². The third-order valence-electron chi connectivity index (χ3n) is 4.56. The highest BCUT2D eigenvalue weighted by atomic mass is 32.2. The second kappa shape index (κ2) is 7.13. The number of piperazine rings is 1. The molecule has 0 bridgehead atoms. The van der Waals surface area contributed by atoms with Crippen molar-refractivity contribution in [2.75, 3.05) is 31.1 Å². The molecule has 0 spiro atoms. The van der Waals surface area contributed by atoms with E-state index in [1.54, 1.807) is 18.0 Å². The van der Waals surface area contributed by atoms with Gasteiger partial charge in [-0.1, -0.05) is 5.16 Å². The zero-order valence-corrected chi connectivity index (χ0v) is 15.3. The van der Waals surface area contributed by atoms with Gasteiger partial charge in [0.1, 0.15) is 5.76 Å². The number of aryl methyl sites for hydroxylation is 1. The Bertz CT molecular complexity index is 919. The van der Waals surface area contributed by atoms with Gasteiger partial charge in [0, 0.05) is 44.0 Å².